The number of ether oxygens (including phenoxy) is 1. The number of aromatic nitrogens is 2. The van der Waals surface area contributed by atoms with Gasteiger partial charge in [0.05, 0.1) is 12.8 Å². The number of carbonyl (C=O) groups excluding carboxylic acids is 1. The lowest BCUT2D eigenvalue weighted by Gasteiger charge is -2.06. The third-order valence-electron chi connectivity index (χ3n) is 1.56. The van der Waals surface area contributed by atoms with Gasteiger partial charge < -0.3 is 10.5 Å². The van der Waals surface area contributed by atoms with Crippen molar-refractivity contribution in [3.05, 3.63) is 24.0 Å². The van der Waals surface area contributed by atoms with Crippen LogP contribution in [0.1, 0.15) is 5.69 Å². The largest absolute Gasteiger partial charge is 0.468 e. The molecule has 0 aliphatic rings. The van der Waals surface area contributed by atoms with Crippen molar-refractivity contribution in [2.24, 2.45) is 5.73 Å². The standard InChI is InChI=1S/C8H11N3O2/c1-13-8(12)7(9)5-6-3-2-4-10-11-6/h2-4,7H,5,9H2,1H3. The Hall–Kier alpha value is -1.49. The SMILES string of the molecule is COC(=O)C(N)Cc1cccnn1. The van der Waals surface area contributed by atoms with Crippen LogP contribution in [0.15, 0.2) is 18.3 Å². The molecule has 0 saturated heterocycles. The van der Waals surface area contributed by atoms with Crippen molar-refractivity contribution in [3.8, 4) is 0 Å². The molecule has 1 rings (SSSR count). The molecule has 0 aliphatic heterocycles. The van der Waals surface area contributed by atoms with Crippen molar-refractivity contribution in [2.75, 3.05) is 7.11 Å². The van der Waals surface area contributed by atoms with Crippen molar-refractivity contribution in [2.45, 2.75) is 12.5 Å². The van der Waals surface area contributed by atoms with E-state index < -0.39 is 12.0 Å². The number of rotatable bonds is 3. The van der Waals surface area contributed by atoms with Gasteiger partial charge in [0.25, 0.3) is 0 Å². The molecule has 0 bridgehead atoms. The lowest BCUT2D eigenvalue weighted by atomic mass is 10.1. The van der Waals surface area contributed by atoms with Gasteiger partial charge in [0.2, 0.25) is 0 Å². The molecule has 0 saturated carbocycles. The summed E-state index contributed by atoms with van der Waals surface area (Å²) in [6.45, 7) is 0. The van der Waals surface area contributed by atoms with Crippen LogP contribution < -0.4 is 5.73 Å². The fourth-order valence-electron chi connectivity index (χ4n) is 0.902. The number of methoxy groups -OCH3 is 1. The highest BCUT2D eigenvalue weighted by molar-refractivity contribution is 5.75. The molecule has 1 unspecified atom stereocenters. The zero-order valence-electron chi connectivity index (χ0n) is 7.30. The second-order valence-corrected chi connectivity index (χ2v) is 2.55. The summed E-state index contributed by atoms with van der Waals surface area (Å²) in [5.41, 5.74) is 6.20. The number of nitrogens with zero attached hydrogens (tertiary/aromatic N) is 2. The van der Waals surface area contributed by atoms with Crippen molar-refractivity contribution in [1.29, 1.82) is 0 Å². The van der Waals surface area contributed by atoms with E-state index in [0.717, 1.165) is 0 Å². The van der Waals surface area contributed by atoms with Gasteiger partial charge in [-0.15, -0.1) is 0 Å². The predicted molar refractivity (Wildman–Crippen MR) is 45.7 cm³/mol. The first-order chi connectivity index (χ1) is 6.24. The summed E-state index contributed by atoms with van der Waals surface area (Å²) in [6.07, 6.45) is 1.91. The van der Waals surface area contributed by atoms with E-state index in [9.17, 15) is 4.79 Å². The molecule has 2 N–H and O–H groups in total. The fourth-order valence-corrected chi connectivity index (χ4v) is 0.902. The van der Waals surface area contributed by atoms with Gasteiger partial charge in [-0.1, -0.05) is 0 Å². The summed E-state index contributed by atoms with van der Waals surface area (Å²) >= 11 is 0. The molecule has 1 aromatic rings. The van der Waals surface area contributed by atoms with Gasteiger partial charge in [-0.3, -0.25) is 4.79 Å². The molecule has 5 nitrogen and oxygen atoms in total. The summed E-state index contributed by atoms with van der Waals surface area (Å²) in [4.78, 5) is 10.9. The van der Waals surface area contributed by atoms with Crippen LogP contribution >= 0.6 is 0 Å². The van der Waals surface area contributed by atoms with Crippen molar-refractivity contribution in [3.63, 3.8) is 0 Å². The molecular formula is C8H11N3O2. The molecule has 70 valence electrons. The molecule has 1 aromatic heterocycles. The highest BCUT2D eigenvalue weighted by Gasteiger charge is 2.14. The Kier molecular flexibility index (Phi) is 3.33. The maximum absolute atomic E-state index is 10.9. The number of nitrogens with two attached hydrogens (primary N) is 1. The van der Waals surface area contributed by atoms with Crippen molar-refractivity contribution >= 4 is 5.97 Å². The van der Waals surface area contributed by atoms with E-state index in [1.165, 1.54) is 7.11 Å². The number of esters is 1. The van der Waals surface area contributed by atoms with Gasteiger partial charge in [-0.2, -0.15) is 10.2 Å². The molecule has 13 heavy (non-hydrogen) atoms. The fraction of sp³-hybridized carbons (Fsp3) is 0.375. The van der Waals surface area contributed by atoms with E-state index in [-0.39, 0.29) is 0 Å². The molecular weight excluding hydrogens is 170 g/mol. The van der Waals surface area contributed by atoms with Crippen molar-refractivity contribution in [1.82, 2.24) is 10.2 Å². The van der Waals surface area contributed by atoms with Gasteiger partial charge >= 0.3 is 5.97 Å². The van der Waals surface area contributed by atoms with E-state index in [1.807, 2.05) is 0 Å². The Morgan fingerprint density at radius 2 is 2.54 bits per heavy atom. The molecule has 0 radical (unpaired) electrons. The molecule has 0 aromatic carbocycles. The summed E-state index contributed by atoms with van der Waals surface area (Å²) in [7, 11) is 1.30. The lowest BCUT2D eigenvalue weighted by molar-refractivity contribution is -0.142. The van der Waals surface area contributed by atoms with Crippen LogP contribution in [-0.4, -0.2) is 29.3 Å². The summed E-state index contributed by atoms with van der Waals surface area (Å²) in [6, 6.07) is 2.84. The zero-order valence-corrected chi connectivity index (χ0v) is 7.30. The number of hydrogen-bond acceptors (Lipinski definition) is 5. The summed E-state index contributed by atoms with van der Waals surface area (Å²) in [5.74, 6) is -0.439. The van der Waals surface area contributed by atoms with E-state index in [4.69, 9.17) is 5.73 Å². The second-order valence-electron chi connectivity index (χ2n) is 2.55. The molecule has 0 fully saturated rings. The third kappa shape index (κ3) is 2.79. The molecule has 1 heterocycles. The normalized spacial score (nSPS) is 12.2. The van der Waals surface area contributed by atoms with Gasteiger partial charge in [-0.05, 0) is 12.1 Å². The minimum absolute atomic E-state index is 0.348. The van der Waals surface area contributed by atoms with E-state index in [2.05, 4.69) is 14.9 Å². The number of hydrogen-bond donors (Lipinski definition) is 1. The Balaban J connectivity index is 2.55. The van der Waals surface area contributed by atoms with Gasteiger partial charge in [0.1, 0.15) is 6.04 Å². The van der Waals surface area contributed by atoms with Crippen LogP contribution in [0.3, 0.4) is 0 Å². The maximum atomic E-state index is 10.9. The maximum Gasteiger partial charge on any atom is 0.323 e. The monoisotopic (exact) mass is 181 g/mol. The van der Waals surface area contributed by atoms with Crippen LogP contribution in [0.5, 0.6) is 0 Å². The Morgan fingerprint density at radius 1 is 1.77 bits per heavy atom. The zero-order chi connectivity index (χ0) is 9.68. The van der Waals surface area contributed by atoms with E-state index in [0.29, 0.717) is 12.1 Å². The average molecular weight is 181 g/mol. The first kappa shape index (κ1) is 9.60. The minimum atomic E-state index is -0.665. The second kappa shape index (κ2) is 4.51. The minimum Gasteiger partial charge on any atom is -0.468 e. The highest BCUT2D eigenvalue weighted by Crippen LogP contribution is 1.97. The van der Waals surface area contributed by atoms with E-state index in [1.54, 1.807) is 18.3 Å². The molecule has 1 atom stereocenters. The Labute approximate surface area is 75.9 Å². The van der Waals surface area contributed by atoms with Gasteiger partial charge in [0, 0.05) is 12.6 Å². The lowest BCUT2D eigenvalue weighted by Crippen LogP contribution is -2.33. The highest BCUT2D eigenvalue weighted by atomic mass is 16.5. The Morgan fingerprint density at radius 3 is 3.08 bits per heavy atom. The van der Waals surface area contributed by atoms with Crippen molar-refractivity contribution < 1.29 is 9.53 Å². The van der Waals surface area contributed by atoms with Crippen LogP contribution in [0, 0.1) is 0 Å². The van der Waals surface area contributed by atoms with E-state index >= 15 is 0 Å². The topological polar surface area (TPSA) is 78.1 Å². The summed E-state index contributed by atoms with van der Waals surface area (Å²) < 4.78 is 4.47. The molecule has 0 amide bonds. The van der Waals surface area contributed by atoms with Gasteiger partial charge in [-0.25, -0.2) is 0 Å². The van der Waals surface area contributed by atoms with Gasteiger partial charge in [0.15, 0.2) is 0 Å². The van der Waals surface area contributed by atoms with Crippen LogP contribution in [-0.2, 0) is 16.0 Å². The predicted octanol–water partition coefficient (Wildman–Crippen LogP) is -0.481. The first-order valence-electron chi connectivity index (χ1n) is 3.84. The molecule has 0 spiro atoms. The quantitative estimate of drug-likeness (QED) is 0.637. The third-order valence-corrected chi connectivity index (χ3v) is 1.56. The Bertz CT molecular complexity index is 276. The smallest absolute Gasteiger partial charge is 0.323 e. The van der Waals surface area contributed by atoms with Crippen LogP contribution in [0.25, 0.3) is 0 Å². The average Bonchev–Trinajstić information content (AvgIpc) is 2.18. The first-order valence-corrected chi connectivity index (χ1v) is 3.84. The molecule has 0 aliphatic carbocycles. The van der Waals surface area contributed by atoms with Crippen LogP contribution in [0.2, 0.25) is 0 Å². The van der Waals surface area contributed by atoms with Crippen LogP contribution in [0.4, 0.5) is 0 Å². The molecule has 5 heteroatoms. The number of carbonyl (C=O) groups is 1. The summed E-state index contributed by atoms with van der Waals surface area (Å²) in [5, 5.41) is 7.46.